The van der Waals surface area contributed by atoms with Gasteiger partial charge in [0.1, 0.15) is 17.5 Å². The molecule has 112 valence electrons. The van der Waals surface area contributed by atoms with Crippen molar-refractivity contribution in [1.29, 1.82) is 0 Å². The first-order valence-corrected chi connectivity index (χ1v) is 7.27. The Morgan fingerprint density at radius 1 is 1.20 bits per heavy atom. The van der Waals surface area contributed by atoms with Crippen LogP contribution in [0.5, 0.6) is 0 Å². The van der Waals surface area contributed by atoms with Crippen molar-refractivity contribution in [2.45, 2.75) is 52.2 Å². The lowest BCUT2D eigenvalue weighted by Gasteiger charge is -2.36. The van der Waals surface area contributed by atoms with Crippen molar-refractivity contribution in [2.75, 3.05) is 30.4 Å². The van der Waals surface area contributed by atoms with E-state index in [0.717, 1.165) is 30.5 Å². The quantitative estimate of drug-likeness (QED) is 0.900. The zero-order valence-corrected chi connectivity index (χ0v) is 13.4. The first-order chi connectivity index (χ1) is 9.29. The molecule has 1 aliphatic heterocycles. The molecular weight excluding hydrogens is 252 g/mol. The maximum Gasteiger partial charge on any atom is 0.138 e. The van der Waals surface area contributed by atoms with Crippen LogP contribution in [0.1, 0.15) is 40.4 Å². The van der Waals surface area contributed by atoms with Crippen LogP contribution in [0.2, 0.25) is 0 Å². The Balaban J connectivity index is 2.35. The van der Waals surface area contributed by atoms with Gasteiger partial charge in [0.05, 0.1) is 12.2 Å². The molecule has 1 saturated heterocycles. The molecule has 0 saturated carbocycles. The average Bonchev–Trinajstić information content (AvgIpc) is 2.36. The van der Waals surface area contributed by atoms with Gasteiger partial charge in [-0.15, -0.1) is 0 Å². The van der Waals surface area contributed by atoms with Gasteiger partial charge < -0.3 is 15.0 Å². The highest BCUT2D eigenvalue weighted by molar-refractivity contribution is 5.50. The fourth-order valence-electron chi connectivity index (χ4n) is 2.42. The number of anilines is 2. The lowest BCUT2D eigenvalue weighted by Crippen LogP contribution is -2.46. The van der Waals surface area contributed by atoms with Crippen LogP contribution in [0.15, 0.2) is 6.07 Å². The summed E-state index contributed by atoms with van der Waals surface area (Å²) in [7, 11) is 1.89. The summed E-state index contributed by atoms with van der Waals surface area (Å²) >= 11 is 0. The van der Waals surface area contributed by atoms with Gasteiger partial charge in [0.2, 0.25) is 0 Å². The van der Waals surface area contributed by atoms with Gasteiger partial charge in [-0.2, -0.15) is 0 Å². The fourth-order valence-corrected chi connectivity index (χ4v) is 2.42. The summed E-state index contributed by atoms with van der Waals surface area (Å²) in [6.45, 7) is 12.4. The molecule has 0 aromatic carbocycles. The summed E-state index contributed by atoms with van der Waals surface area (Å²) in [6, 6.07) is 2.01. The van der Waals surface area contributed by atoms with Crippen molar-refractivity contribution < 1.29 is 4.74 Å². The third-order valence-corrected chi connectivity index (χ3v) is 3.38. The van der Waals surface area contributed by atoms with E-state index < -0.39 is 0 Å². The van der Waals surface area contributed by atoms with Gasteiger partial charge in [-0.3, -0.25) is 0 Å². The van der Waals surface area contributed by atoms with E-state index in [1.165, 1.54) is 0 Å². The van der Waals surface area contributed by atoms with Crippen LogP contribution in [-0.4, -0.2) is 42.3 Å². The average molecular weight is 278 g/mol. The number of ether oxygens (including phenoxy) is 1. The Hall–Kier alpha value is -1.36. The molecule has 1 aromatic heterocycles. The Bertz CT molecular complexity index is 459. The largest absolute Gasteiger partial charge is 0.373 e. The van der Waals surface area contributed by atoms with Gasteiger partial charge in [0.15, 0.2) is 0 Å². The molecule has 0 amide bonds. The number of nitrogens with zero attached hydrogens (tertiary/aromatic N) is 3. The third-order valence-electron chi connectivity index (χ3n) is 3.38. The maximum absolute atomic E-state index is 5.79. The molecule has 1 N–H and O–H groups in total. The summed E-state index contributed by atoms with van der Waals surface area (Å²) in [6.07, 6.45) is 0.453. The Morgan fingerprint density at radius 2 is 1.80 bits per heavy atom. The van der Waals surface area contributed by atoms with Crippen molar-refractivity contribution >= 4 is 11.6 Å². The van der Waals surface area contributed by atoms with E-state index >= 15 is 0 Å². The van der Waals surface area contributed by atoms with Gasteiger partial charge >= 0.3 is 0 Å². The molecule has 5 nitrogen and oxygen atoms in total. The van der Waals surface area contributed by atoms with Crippen LogP contribution in [0.4, 0.5) is 11.6 Å². The summed E-state index contributed by atoms with van der Waals surface area (Å²) < 4.78 is 5.79. The van der Waals surface area contributed by atoms with Crippen molar-refractivity contribution in [3.05, 3.63) is 11.9 Å². The van der Waals surface area contributed by atoms with Gasteiger partial charge in [-0.05, 0) is 13.8 Å². The molecule has 0 aliphatic carbocycles. The Labute approximate surface area is 121 Å². The van der Waals surface area contributed by atoms with E-state index in [1.54, 1.807) is 0 Å². The van der Waals surface area contributed by atoms with Crippen LogP contribution >= 0.6 is 0 Å². The predicted molar refractivity (Wildman–Crippen MR) is 82.5 cm³/mol. The lowest BCUT2D eigenvalue weighted by molar-refractivity contribution is -0.00548. The van der Waals surface area contributed by atoms with Crippen LogP contribution < -0.4 is 10.2 Å². The van der Waals surface area contributed by atoms with Crippen LogP contribution in [-0.2, 0) is 10.2 Å². The molecule has 2 rings (SSSR count). The van der Waals surface area contributed by atoms with E-state index in [2.05, 4.69) is 49.8 Å². The molecule has 0 spiro atoms. The Morgan fingerprint density at radius 3 is 2.30 bits per heavy atom. The first kappa shape index (κ1) is 15.0. The highest BCUT2D eigenvalue weighted by Crippen LogP contribution is 2.25. The normalized spacial score (nSPS) is 23.8. The van der Waals surface area contributed by atoms with Crippen molar-refractivity contribution in [3.63, 3.8) is 0 Å². The van der Waals surface area contributed by atoms with E-state index in [1.807, 2.05) is 13.1 Å². The number of nitrogens with one attached hydrogen (secondary N) is 1. The van der Waals surface area contributed by atoms with E-state index in [-0.39, 0.29) is 17.6 Å². The van der Waals surface area contributed by atoms with Crippen LogP contribution in [0.3, 0.4) is 0 Å². The van der Waals surface area contributed by atoms with Gasteiger partial charge in [-0.1, -0.05) is 20.8 Å². The first-order valence-electron chi connectivity index (χ1n) is 7.27. The topological polar surface area (TPSA) is 50.3 Å². The van der Waals surface area contributed by atoms with E-state index in [9.17, 15) is 0 Å². The van der Waals surface area contributed by atoms with Crippen molar-refractivity contribution in [1.82, 2.24) is 9.97 Å². The smallest absolute Gasteiger partial charge is 0.138 e. The number of morpholine rings is 1. The molecule has 1 aromatic rings. The molecule has 0 bridgehead atoms. The highest BCUT2D eigenvalue weighted by atomic mass is 16.5. The van der Waals surface area contributed by atoms with Crippen LogP contribution in [0.25, 0.3) is 0 Å². The summed E-state index contributed by atoms with van der Waals surface area (Å²) in [5.41, 5.74) is -0.0644. The molecule has 1 fully saturated rings. The molecule has 0 radical (unpaired) electrons. The second-order valence-corrected chi connectivity index (χ2v) is 6.60. The van der Waals surface area contributed by atoms with Gasteiger partial charge in [0.25, 0.3) is 0 Å². The molecule has 5 heteroatoms. The maximum atomic E-state index is 5.79. The molecule has 2 atom stereocenters. The number of hydrogen-bond donors (Lipinski definition) is 1. The fraction of sp³-hybridized carbons (Fsp3) is 0.733. The second-order valence-electron chi connectivity index (χ2n) is 6.60. The lowest BCUT2D eigenvalue weighted by atomic mass is 9.96. The molecular formula is C15H26N4O. The zero-order valence-electron chi connectivity index (χ0n) is 13.4. The predicted octanol–water partition coefficient (Wildman–Crippen LogP) is 2.43. The van der Waals surface area contributed by atoms with Gasteiger partial charge in [-0.25, -0.2) is 9.97 Å². The van der Waals surface area contributed by atoms with Crippen LogP contribution in [0, 0.1) is 0 Å². The Kier molecular flexibility index (Phi) is 4.18. The van der Waals surface area contributed by atoms with E-state index in [4.69, 9.17) is 9.72 Å². The summed E-state index contributed by atoms with van der Waals surface area (Å²) in [5.74, 6) is 2.72. The van der Waals surface area contributed by atoms with Crippen molar-refractivity contribution in [2.24, 2.45) is 0 Å². The number of hydrogen-bond acceptors (Lipinski definition) is 5. The minimum atomic E-state index is -0.0644. The zero-order chi connectivity index (χ0) is 14.9. The van der Waals surface area contributed by atoms with Crippen molar-refractivity contribution in [3.8, 4) is 0 Å². The number of aromatic nitrogens is 2. The monoisotopic (exact) mass is 278 g/mol. The van der Waals surface area contributed by atoms with E-state index in [0.29, 0.717) is 0 Å². The molecule has 2 unspecified atom stereocenters. The standard InChI is InChI=1S/C15H26N4O/c1-10-8-19(9-11(2)20-10)13-7-12(16-6)17-14(18-13)15(3,4)5/h7,10-11H,8-9H2,1-6H3,(H,16,17,18). The third kappa shape index (κ3) is 3.39. The molecule has 20 heavy (non-hydrogen) atoms. The molecule has 1 aliphatic rings. The minimum absolute atomic E-state index is 0.0644. The minimum Gasteiger partial charge on any atom is -0.373 e. The highest BCUT2D eigenvalue weighted by Gasteiger charge is 2.26. The summed E-state index contributed by atoms with van der Waals surface area (Å²) in [4.78, 5) is 11.6. The SMILES string of the molecule is CNc1cc(N2CC(C)OC(C)C2)nc(C(C)(C)C)n1. The number of rotatable bonds is 2. The summed E-state index contributed by atoms with van der Waals surface area (Å²) in [5, 5.41) is 3.13. The second kappa shape index (κ2) is 5.56. The van der Waals surface area contributed by atoms with Gasteiger partial charge in [0, 0.05) is 31.6 Å². The molecule has 2 heterocycles.